The van der Waals surface area contributed by atoms with Crippen LogP contribution < -0.4 is 0 Å². The van der Waals surface area contributed by atoms with Crippen molar-refractivity contribution in [2.24, 2.45) is 5.92 Å². The molecule has 1 aliphatic carbocycles. The minimum Gasteiger partial charge on any atom is -0.333 e. The van der Waals surface area contributed by atoms with E-state index in [2.05, 4.69) is 23.1 Å². The summed E-state index contributed by atoms with van der Waals surface area (Å²) in [6.07, 6.45) is -0.776. The highest BCUT2D eigenvalue weighted by molar-refractivity contribution is 5.82. The molecule has 1 aromatic rings. The smallest absolute Gasteiger partial charge is 0.333 e. The van der Waals surface area contributed by atoms with Crippen molar-refractivity contribution in [2.75, 3.05) is 19.6 Å². The first-order valence-corrected chi connectivity index (χ1v) is 8.31. The minimum atomic E-state index is -4.78. The van der Waals surface area contributed by atoms with Crippen molar-refractivity contribution in [2.45, 2.75) is 31.1 Å². The zero-order valence-corrected chi connectivity index (χ0v) is 13.2. The van der Waals surface area contributed by atoms with Gasteiger partial charge in [-0.25, -0.2) is 0 Å². The van der Waals surface area contributed by atoms with Gasteiger partial charge in [-0.15, -0.1) is 0 Å². The van der Waals surface area contributed by atoms with Crippen LogP contribution in [0.25, 0.3) is 0 Å². The standard InChI is InChI=1S/C18H19F3N2O/c19-18(20,21)17(24)22-10-14-8-9-23(15(14)11-22)16(13-6-7-13)12-4-2-1-3-5-12/h1-6,14-16H,7-11H2/t14?,15-,16+/m1/s1. The zero-order chi connectivity index (χ0) is 16.9. The first kappa shape index (κ1) is 15.7. The number of nitrogens with zero attached hydrogens (tertiary/aromatic N) is 2. The molecule has 0 bridgehead atoms. The van der Waals surface area contributed by atoms with Gasteiger partial charge in [0.25, 0.3) is 0 Å². The minimum absolute atomic E-state index is 0.0167. The normalized spacial score (nSPS) is 27.8. The third kappa shape index (κ3) is 2.73. The van der Waals surface area contributed by atoms with Crippen molar-refractivity contribution in [3.63, 3.8) is 0 Å². The van der Waals surface area contributed by atoms with Gasteiger partial charge in [-0.3, -0.25) is 9.69 Å². The summed E-state index contributed by atoms with van der Waals surface area (Å²) in [5.41, 5.74) is 2.52. The van der Waals surface area contributed by atoms with E-state index in [-0.39, 0.29) is 31.1 Å². The van der Waals surface area contributed by atoms with Crippen molar-refractivity contribution < 1.29 is 18.0 Å². The van der Waals surface area contributed by atoms with Crippen molar-refractivity contribution in [3.8, 4) is 0 Å². The van der Waals surface area contributed by atoms with Crippen LogP contribution in [0.3, 0.4) is 0 Å². The number of alkyl halides is 3. The second kappa shape index (κ2) is 5.62. The Balaban J connectivity index is 1.55. The van der Waals surface area contributed by atoms with Gasteiger partial charge in [-0.1, -0.05) is 36.4 Å². The molecule has 2 saturated heterocycles. The molecule has 1 unspecified atom stereocenters. The van der Waals surface area contributed by atoms with Gasteiger partial charge in [-0.05, 0) is 36.4 Å². The van der Waals surface area contributed by atoms with Gasteiger partial charge in [-0.2, -0.15) is 13.2 Å². The average molecular weight is 336 g/mol. The van der Waals surface area contributed by atoms with E-state index in [9.17, 15) is 18.0 Å². The summed E-state index contributed by atoms with van der Waals surface area (Å²) >= 11 is 0. The fraction of sp³-hybridized carbons (Fsp3) is 0.500. The van der Waals surface area contributed by atoms with Crippen LogP contribution in [-0.4, -0.2) is 47.6 Å². The molecular formula is C18H19F3N2O. The topological polar surface area (TPSA) is 23.6 Å². The van der Waals surface area contributed by atoms with Crippen molar-refractivity contribution >= 4 is 5.91 Å². The number of carbonyl (C=O) groups excluding carboxylic acids is 1. The molecule has 3 atom stereocenters. The molecule has 2 heterocycles. The summed E-state index contributed by atoms with van der Waals surface area (Å²) in [6, 6.07) is 10.3. The molecule has 2 aliphatic heterocycles. The number of fused-ring (bicyclic) bond motifs is 1. The molecule has 128 valence electrons. The largest absolute Gasteiger partial charge is 0.471 e. The fourth-order valence-electron chi connectivity index (χ4n) is 4.20. The van der Waals surface area contributed by atoms with E-state index >= 15 is 0 Å². The van der Waals surface area contributed by atoms with E-state index in [1.54, 1.807) is 0 Å². The molecule has 24 heavy (non-hydrogen) atoms. The molecule has 0 radical (unpaired) electrons. The number of amides is 1. The number of benzene rings is 1. The lowest BCUT2D eigenvalue weighted by molar-refractivity contribution is -0.184. The molecule has 1 aromatic carbocycles. The third-order valence-electron chi connectivity index (χ3n) is 5.36. The van der Waals surface area contributed by atoms with Crippen LogP contribution in [-0.2, 0) is 4.79 Å². The van der Waals surface area contributed by atoms with Crippen LogP contribution in [0, 0.1) is 5.92 Å². The van der Waals surface area contributed by atoms with Crippen LogP contribution in [0.2, 0.25) is 0 Å². The first-order chi connectivity index (χ1) is 11.4. The second-order valence-corrected chi connectivity index (χ2v) is 6.86. The van der Waals surface area contributed by atoms with Gasteiger partial charge in [0.1, 0.15) is 0 Å². The van der Waals surface area contributed by atoms with Crippen LogP contribution in [0.15, 0.2) is 42.0 Å². The lowest BCUT2D eigenvalue weighted by atomic mass is 10.00. The quantitative estimate of drug-likeness (QED) is 0.792. The van der Waals surface area contributed by atoms with Gasteiger partial charge in [0.05, 0.1) is 6.04 Å². The highest BCUT2D eigenvalue weighted by Gasteiger charge is 2.51. The molecule has 0 N–H and O–H groups in total. The summed E-state index contributed by atoms with van der Waals surface area (Å²) in [4.78, 5) is 14.9. The molecule has 0 saturated carbocycles. The summed E-state index contributed by atoms with van der Waals surface area (Å²) in [5, 5.41) is 0. The number of rotatable bonds is 3. The van der Waals surface area contributed by atoms with Crippen LogP contribution in [0.5, 0.6) is 0 Å². The Morgan fingerprint density at radius 2 is 1.88 bits per heavy atom. The average Bonchev–Trinajstić information content (AvgIpc) is 3.17. The maximum atomic E-state index is 12.7. The summed E-state index contributed by atoms with van der Waals surface area (Å²) in [5.74, 6) is -1.55. The summed E-state index contributed by atoms with van der Waals surface area (Å²) < 4.78 is 38.2. The van der Waals surface area contributed by atoms with E-state index in [4.69, 9.17) is 0 Å². The van der Waals surface area contributed by atoms with Gasteiger partial charge >= 0.3 is 12.1 Å². The van der Waals surface area contributed by atoms with Crippen molar-refractivity contribution in [1.82, 2.24) is 9.80 Å². The molecule has 0 spiro atoms. The molecule has 0 aromatic heterocycles. The number of carbonyl (C=O) groups is 1. The predicted molar refractivity (Wildman–Crippen MR) is 83.1 cm³/mol. The summed E-state index contributed by atoms with van der Waals surface area (Å²) in [6.45, 7) is 1.28. The predicted octanol–water partition coefficient (Wildman–Crippen LogP) is 3.15. The van der Waals surface area contributed by atoms with Crippen molar-refractivity contribution in [3.05, 3.63) is 47.5 Å². The van der Waals surface area contributed by atoms with Gasteiger partial charge in [0, 0.05) is 19.1 Å². The van der Waals surface area contributed by atoms with Gasteiger partial charge in [0.2, 0.25) is 0 Å². The number of halogens is 3. The van der Waals surface area contributed by atoms with E-state index in [0.717, 1.165) is 24.3 Å². The monoisotopic (exact) mass is 336 g/mol. The Bertz CT molecular complexity index is 671. The second-order valence-electron chi connectivity index (χ2n) is 6.86. The zero-order valence-electron chi connectivity index (χ0n) is 13.2. The first-order valence-electron chi connectivity index (χ1n) is 8.31. The Labute approximate surface area is 138 Å². The van der Waals surface area contributed by atoms with E-state index < -0.39 is 12.1 Å². The number of hydrogen-bond donors (Lipinski definition) is 0. The molecule has 3 aliphatic rings. The third-order valence-corrected chi connectivity index (χ3v) is 5.36. The summed E-state index contributed by atoms with van der Waals surface area (Å²) in [7, 11) is 0. The number of allylic oxidation sites excluding steroid dienone is 1. The SMILES string of the molecule is O=C(N1CC2CCN([C@H](C3=CC3)c3ccccc3)[C@@H]2C1)C(F)(F)F. The lowest BCUT2D eigenvalue weighted by Crippen LogP contribution is -2.43. The Hall–Kier alpha value is -1.82. The highest BCUT2D eigenvalue weighted by Crippen LogP contribution is 2.45. The van der Waals surface area contributed by atoms with Crippen molar-refractivity contribution in [1.29, 1.82) is 0 Å². The number of hydrogen-bond acceptors (Lipinski definition) is 2. The highest BCUT2D eigenvalue weighted by atomic mass is 19.4. The maximum absolute atomic E-state index is 12.7. The molecule has 4 rings (SSSR count). The molecule has 3 nitrogen and oxygen atoms in total. The number of likely N-dealkylation sites (tertiary alicyclic amines) is 2. The molecule has 6 heteroatoms. The maximum Gasteiger partial charge on any atom is 0.471 e. The Morgan fingerprint density at radius 1 is 1.17 bits per heavy atom. The Kier molecular flexibility index (Phi) is 3.67. The lowest BCUT2D eigenvalue weighted by Gasteiger charge is -2.32. The van der Waals surface area contributed by atoms with Crippen LogP contribution in [0.1, 0.15) is 24.4 Å². The van der Waals surface area contributed by atoms with Gasteiger partial charge in [0.15, 0.2) is 0 Å². The van der Waals surface area contributed by atoms with E-state index in [1.165, 1.54) is 11.1 Å². The van der Waals surface area contributed by atoms with E-state index in [1.807, 2.05) is 18.2 Å². The van der Waals surface area contributed by atoms with Crippen LogP contribution >= 0.6 is 0 Å². The van der Waals surface area contributed by atoms with E-state index in [0.29, 0.717) is 0 Å². The molecule has 2 fully saturated rings. The molecular weight excluding hydrogens is 317 g/mol. The Morgan fingerprint density at radius 3 is 2.50 bits per heavy atom. The van der Waals surface area contributed by atoms with Crippen LogP contribution in [0.4, 0.5) is 13.2 Å². The van der Waals surface area contributed by atoms with Gasteiger partial charge < -0.3 is 4.90 Å². The fourth-order valence-corrected chi connectivity index (χ4v) is 4.20. The molecule has 1 amide bonds.